The molecule has 0 bridgehead atoms. The predicted molar refractivity (Wildman–Crippen MR) is 99.9 cm³/mol. The highest BCUT2D eigenvalue weighted by atomic mass is 35.5. The first-order valence-electron chi connectivity index (χ1n) is 7.16. The SMILES string of the molecule is Cc1csc(SCC(=O)Nc2cc(-c3ccc(Cl)cc3)nn2C)n1. The van der Waals surface area contributed by atoms with E-state index in [4.69, 9.17) is 11.6 Å². The predicted octanol–water partition coefficient (Wildman–Crippen LogP) is 4.24. The van der Waals surface area contributed by atoms with Gasteiger partial charge in [0.2, 0.25) is 5.91 Å². The third kappa shape index (κ3) is 4.17. The van der Waals surface area contributed by atoms with E-state index in [1.54, 1.807) is 23.1 Å². The number of nitrogens with one attached hydrogen (secondary N) is 1. The minimum Gasteiger partial charge on any atom is -0.310 e. The highest BCUT2D eigenvalue weighted by Crippen LogP contribution is 2.24. The van der Waals surface area contributed by atoms with E-state index in [-0.39, 0.29) is 5.91 Å². The van der Waals surface area contributed by atoms with Crippen molar-refractivity contribution in [3.63, 3.8) is 0 Å². The van der Waals surface area contributed by atoms with E-state index >= 15 is 0 Å². The summed E-state index contributed by atoms with van der Waals surface area (Å²) in [7, 11) is 1.80. The minimum atomic E-state index is -0.0847. The van der Waals surface area contributed by atoms with Crippen molar-refractivity contribution in [2.45, 2.75) is 11.3 Å². The Morgan fingerprint density at radius 3 is 2.79 bits per heavy atom. The maximum Gasteiger partial charge on any atom is 0.235 e. The molecule has 1 aromatic carbocycles. The molecule has 0 radical (unpaired) electrons. The molecule has 3 aromatic rings. The van der Waals surface area contributed by atoms with Crippen molar-refractivity contribution in [3.8, 4) is 11.3 Å². The number of carbonyl (C=O) groups excluding carboxylic acids is 1. The molecule has 0 saturated heterocycles. The standard InChI is InChI=1S/C16H15ClN4OS2/c1-10-8-23-16(18-10)24-9-15(22)19-14-7-13(20-21(14)2)11-3-5-12(17)6-4-11/h3-8H,9H2,1-2H3,(H,19,22). The Balaban J connectivity index is 1.64. The lowest BCUT2D eigenvalue weighted by molar-refractivity contribution is -0.113. The van der Waals surface area contributed by atoms with Crippen LogP contribution in [0.5, 0.6) is 0 Å². The summed E-state index contributed by atoms with van der Waals surface area (Å²) in [6.07, 6.45) is 0. The highest BCUT2D eigenvalue weighted by molar-refractivity contribution is 8.01. The van der Waals surface area contributed by atoms with Crippen LogP contribution in [0.3, 0.4) is 0 Å². The average molecular weight is 379 g/mol. The van der Waals surface area contributed by atoms with Gasteiger partial charge in [-0.3, -0.25) is 9.48 Å². The number of anilines is 1. The molecule has 1 amide bonds. The summed E-state index contributed by atoms with van der Waals surface area (Å²) in [4.78, 5) is 16.5. The molecule has 0 aliphatic carbocycles. The molecule has 0 unspecified atom stereocenters. The van der Waals surface area contributed by atoms with Crippen molar-refractivity contribution in [3.05, 3.63) is 46.4 Å². The number of thioether (sulfide) groups is 1. The number of hydrogen-bond acceptors (Lipinski definition) is 5. The fourth-order valence-corrected chi connectivity index (χ4v) is 3.83. The van der Waals surface area contributed by atoms with E-state index in [1.165, 1.54) is 11.8 Å². The van der Waals surface area contributed by atoms with Crippen LogP contribution in [0.2, 0.25) is 5.02 Å². The van der Waals surface area contributed by atoms with E-state index in [1.807, 2.05) is 42.6 Å². The van der Waals surface area contributed by atoms with E-state index in [9.17, 15) is 4.79 Å². The molecular weight excluding hydrogens is 364 g/mol. The van der Waals surface area contributed by atoms with Gasteiger partial charge in [-0.1, -0.05) is 35.5 Å². The highest BCUT2D eigenvalue weighted by Gasteiger charge is 2.11. The number of halogens is 1. The van der Waals surface area contributed by atoms with Crippen molar-refractivity contribution >= 4 is 46.4 Å². The first kappa shape index (κ1) is 17.0. The zero-order valence-corrected chi connectivity index (χ0v) is 15.5. The molecule has 1 N–H and O–H groups in total. The second-order valence-corrected chi connectivity index (χ2v) is 7.65. The summed E-state index contributed by atoms with van der Waals surface area (Å²) >= 11 is 8.88. The van der Waals surface area contributed by atoms with Crippen LogP contribution in [0.25, 0.3) is 11.3 Å². The van der Waals surface area contributed by atoms with Crippen LogP contribution in [0, 0.1) is 6.92 Å². The number of aromatic nitrogens is 3. The number of rotatable bonds is 5. The van der Waals surface area contributed by atoms with Gasteiger partial charge in [-0.2, -0.15) is 5.10 Å². The van der Waals surface area contributed by atoms with Crippen molar-refractivity contribution < 1.29 is 4.79 Å². The van der Waals surface area contributed by atoms with Crippen molar-refractivity contribution in [2.75, 3.05) is 11.1 Å². The summed E-state index contributed by atoms with van der Waals surface area (Å²) in [5.74, 6) is 0.883. The molecule has 24 heavy (non-hydrogen) atoms. The maximum atomic E-state index is 12.1. The Hall–Kier alpha value is -1.83. The molecule has 2 heterocycles. The molecule has 2 aromatic heterocycles. The molecule has 0 aliphatic heterocycles. The summed E-state index contributed by atoms with van der Waals surface area (Å²) in [6, 6.07) is 9.28. The van der Waals surface area contributed by atoms with E-state index in [0.29, 0.717) is 16.6 Å². The van der Waals surface area contributed by atoms with Crippen LogP contribution < -0.4 is 5.32 Å². The fraction of sp³-hybridized carbons (Fsp3) is 0.188. The van der Waals surface area contributed by atoms with Crippen molar-refractivity contribution in [1.82, 2.24) is 14.8 Å². The topological polar surface area (TPSA) is 59.8 Å². The lowest BCUT2D eigenvalue weighted by Gasteiger charge is -2.03. The number of thiazole rings is 1. The molecule has 8 heteroatoms. The molecular formula is C16H15ClN4OS2. The van der Waals surface area contributed by atoms with Crippen molar-refractivity contribution in [2.24, 2.45) is 7.05 Å². The van der Waals surface area contributed by atoms with Gasteiger partial charge in [-0.25, -0.2) is 4.98 Å². The van der Waals surface area contributed by atoms with Gasteiger partial charge in [0.1, 0.15) is 5.82 Å². The first-order chi connectivity index (χ1) is 11.5. The monoisotopic (exact) mass is 378 g/mol. The fourth-order valence-electron chi connectivity index (χ4n) is 2.05. The Kier molecular flexibility index (Phi) is 5.23. The summed E-state index contributed by atoms with van der Waals surface area (Å²) in [5.41, 5.74) is 2.71. The molecule has 0 spiro atoms. The van der Waals surface area contributed by atoms with Crippen LogP contribution in [0.4, 0.5) is 5.82 Å². The van der Waals surface area contributed by atoms with Gasteiger partial charge in [0.05, 0.1) is 11.4 Å². The number of aryl methyl sites for hydroxylation is 2. The van der Waals surface area contributed by atoms with Crippen LogP contribution >= 0.6 is 34.7 Å². The van der Waals surface area contributed by atoms with Gasteiger partial charge in [0.15, 0.2) is 4.34 Å². The zero-order chi connectivity index (χ0) is 17.1. The quantitative estimate of drug-likeness (QED) is 0.675. The number of benzene rings is 1. The van der Waals surface area contributed by atoms with Gasteiger partial charge >= 0.3 is 0 Å². The minimum absolute atomic E-state index is 0.0847. The Bertz CT molecular complexity index is 857. The van der Waals surface area contributed by atoms with Crippen molar-refractivity contribution in [1.29, 1.82) is 0 Å². The second-order valence-electron chi connectivity index (χ2n) is 5.14. The molecule has 0 atom stereocenters. The van der Waals surface area contributed by atoms with Gasteiger partial charge in [0.25, 0.3) is 0 Å². The second kappa shape index (κ2) is 7.38. The van der Waals surface area contributed by atoms with E-state index in [0.717, 1.165) is 21.3 Å². The number of carbonyl (C=O) groups is 1. The van der Waals surface area contributed by atoms with Crippen LogP contribution in [-0.2, 0) is 11.8 Å². The van der Waals surface area contributed by atoms with E-state index < -0.39 is 0 Å². The zero-order valence-electron chi connectivity index (χ0n) is 13.1. The largest absolute Gasteiger partial charge is 0.310 e. The lowest BCUT2D eigenvalue weighted by atomic mass is 10.1. The first-order valence-corrected chi connectivity index (χ1v) is 9.40. The van der Waals surface area contributed by atoms with Crippen LogP contribution in [0.1, 0.15) is 5.69 Å². The normalized spacial score (nSPS) is 10.8. The molecule has 0 fully saturated rings. The summed E-state index contributed by atoms with van der Waals surface area (Å²) in [6.45, 7) is 1.94. The molecule has 0 aliphatic rings. The lowest BCUT2D eigenvalue weighted by Crippen LogP contribution is -2.16. The maximum absolute atomic E-state index is 12.1. The van der Waals surface area contributed by atoms with Gasteiger partial charge < -0.3 is 5.32 Å². The summed E-state index contributed by atoms with van der Waals surface area (Å²) < 4.78 is 2.55. The van der Waals surface area contributed by atoms with Gasteiger partial charge in [-0.05, 0) is 19.1 Å². The third-order valence-electron chi connectivity index (χ3n) is 3.21. The molecule has 3 rings (SSSR count). The molecule has 0 saturated carbocycles. The Labute approximate surface area is 153 Å². The van der Waals surface area contributed by atoms with Gasteiger partial charge in [-0.15, -0.1) is 11.3 Å². The van der Waals surface area contributed by atoms with Crippen LogP contribution in [-0.4, -0.2) is 26.4 Å². The Morgan fingerprint density at radius 2 is 2.12 bits per heavy atom. The third-order valence-corrected chi connectivity index (χ3v) is 5.60. The number of amides is 1. The molecule has 124 valence electrons. The smallest absolute Gasteiger partial charge is 0.235 e. The number of nitrogens with zero attached hydrogens (tertiary/aromatic N) is 3. The number of hydrogen-bond donors (Lipinski definition) is 1. The van der Waals surface area contributed by atoms with Gasteiger partial charge in [0, 0.05) is 34.8 Å². The average Bonchev–Trinajstić information content (AvgIpc) is 3.12. The Morgan fingerprint density at radius 1 is 1.38 bits per heavy atom. The summed E-state index contributed by atoms with van der Waals surface area (Å²) in [5, 5.41) is 9.96. The molecule has 5 nitrogen and oxygen atoms in total. The van der Waals surface area contributed by atoms with Crippen LogP contribution in [0.15, 0.2) is 40.1 Å². The van der Waals surface area contributed by atoms with E-state index in [2.05, 4.69) is 15.4 Å².